The molecule has 0 fully saturated rings. The molecule has 0 aliphatic rings. The van der Waals surface area contributed by atoms with Gasteiger partial charge in [0, 0.05) is 20.5 Å². The first kappa shape index (κ1) is 14.6. The minimum atomic E-state index is -0.0576. The maximum Gasteiger partial charge on any atom is 0.262 e. The van der Waals surface area contributed by atoms with E-state index < -0.39 is 0 Å². The molecule has 0 radical (unpaired) electrons. The van der Waals surface area contributed by atoms with Gasteiger partial charge in [-0.3, -0.25) is 9.36 Å². The monoisotopic (exact) mass is 338 g/mol. The van der Waals surface area contributed by atoms with E-state index in [1.165, 1.54) is 11.3 Å². The van der Waals surface area contributed by atoms with Crippen molar-refractivity contribution in [3.8, 4) is 0 Å². The molecule has 3 aromatic rings. The molecule has 6 heteroatoms. The fraction of sp³-hybridized carbons (Fsp3) is 0.200. The first-order chi connectivity index (χ1) is 9.97. The standard InChI is InChI=1S/C15H12Cl2N2OS/c1-8-6-10-14(21-8)18-9(2)19(15(10)20)7-11-12(16)4-3-5-13(11)17/h3-6H,7H2,1-2H3. The van der Waals surface area contributed by atoms with E-state index in [0.29, 0.717) is 27.8 Å². The Morgan fingerprint density at radius 3 is 2.57 bits per heavy atom. The molecule has 3 nitrogen and oxygen atoms in total. The van der Waals surface area contributed by atoms with Crippen LogP contribution in [0.25, 0.3) is 10.2 Å². The molecular weight excluding hydrogens is 327 g/mol. The molecule has 21 heavy (non-hydrogen) atoms. The van der Waals surface area contributed by atoms with Crippen molar-refractivity contribution in [2.75, 3.05) is 0 Å². The molecule has 2 aromatic heterocycles. The van der Waals surface area contributed by atoms with Gasteiger partial charge in [0.2, 0.25) is 0 Å². The Balaban J connectivity index is 2.19. The average Bonchev–Trinajstić information content (AvgIpc) is 2.78. The molecule has 0 amide bonds. The lowest BCUT2D eigenvalue weighted by Gasteiger charge is -2.12. The predicted molar refractivity (Wildman–Crippen MR) is 88.9 cm³/mol. The Labute approximate surface area is 135 Å². The lowest BCUT2D eigenvalue weighted by Crippen LogP contribution is -2.24. The zero-order chi connectivity index (χ0) is 15.1. The van der Waals surface area contributed by atoms with E-state index in [2.05, 4.69) is 4.98 Å². The van der Waals surface area contributed by atoms with E-state index in [1.54, 1.807) is 22.8 Å². The molecular formula is C15H12Cl2N2OS. The number of aromatic nitrogens is 2. The summed E-state index contributed by atoms with van der Waals surface area (Å²) in [4.78, 5) is 19.0. The molecule has 3 rings (SSSR count). The topological polar surface area (TPSA) is 34.9 Å². The van der Waals surface area contributed by atoms with Gasteiger partial charge in [-0.25, -0.2) is 4.98 Å². The van der Waals surface area contributed by atoms with Gasteiger partial charge >= 0.3 is 0 Å². The predicted octanol–water partition coefficient (Wildman–Crippen LogP) is 4.43. The van der Waals surface area contributed by atoms with E-state index in [1.807, 2.05) is 19.9 Å². The molecule has 0 aliphatic carbocycles. The van der Waals surface area contributed by atoms with Crippen LogP contribution >= 0.6 is 34.5 Å². The molecule has 0 spiro atoms. The summed E-state index contributed by atoms with van der Waals surface area (Å²) in [5, 5.41) is 1.75. The number of hydrogen-bond acceptors (Lipinski definition) is 3. The van der Waals surface area contributed by atoms with E-state index in [0.717, 1.165) is 15.3 Å². The van der Waals surface area contributed by atoms with Crippen LogP contribution in [0.2, 0.25) is 10.0 Å². The highest BCUT2D eigenvalue weighted by atomic mass is 35.5. The fourth-order valence-electron chi connectivity index (χ4n) is 2.27. The number of rotatable bonds is 2. The van der Waals surface area contributed by atoms with E-state index in [4.69, 9.17) is 23.2 Å². The van der Waals surface area contributed by atoms with Gasteiger partial charge in [-0.2, -0.15) is 0 Å². The van der Waals surface area contributed by atoms with Crippen molar-refractivity contribution in [3.05, 3.63) is 60.9 Å². The van der Waals surface area contributed by atoms with E-state index in [9.17, 15) is 4.79 Å². The van der Waals surface area contributed by atoms with Crippen LogP contribution in [-0.4, -0.2) is 9.55 Å². The summed E-state index contributed by atoms with van der Waals surface area (Å²) in [6.45, 7) is 4.11. The van der Waals surface area contributed by atoms with Crippen molar-refractivity contribution in [1.82, 2.24) is 9.55 Å². The summed E-state index contributed by atoms with van der Waals surface area (Å²) < 4.78 is 1.61. The van der Waals surface area contributed by atoms with Crippen LogP contribution in [0.5, 0.6) is 0 Å². The molecule has 1 aromatic carbocycles. The van der Waals surface area contributed by atoms with E-state index in [-0.39, 0.29) is 5.56 Å². The highest BCUT2D eigenvalue weighted by Gasteiger charge is 2.13. The van der Waals surface area contributed by atoms with Crippen LogP contribution in [0.4, 0.5) is 0 Å². The summed E-state index contributed by atoms with van der Waals surface area (Å²) in [6, 6.07) is 7.20. The highest BCUT2D eigenvalue weighted by Crippen LogP contribution is 2.26. The third kappa shape index (κ3) is 2.59. The third-order valence-corrected chi connectivity index (χ3v) is 5.00. The second-order valence-electron chi connectivity index (χ2n) is 4.83. The molecule has 2 heterocycles. The first-order valence-corrected chi connectivity index (χ1v) is 7.95. The molecule has 0 unspecified atom stereocenters. The Morgan fingerprint density at radius 1 is 1.24 bits per heavy atom. The Bertz CT molecular complexity index is 878. The second kappa shape index (κ2) is 5.44. The second-order valence-corrected chi connectivity index (χ2v) is 6.88. The van der Waals surface area contributed by atoms with Crippen molar-refractivity contribution in [2.24, 2.45) is 0 Å². The lowest BCUT2D eigenvalue weighted by atomic mass is 10.2. The van der Waals surface area contributed by atoms with Crippen LogP contribution in [0.3, 0.4) is 0 Å². The molecule has 0 bridgehead atoms. The molecule has 108 valence electrons. The maximum atomic E-state index is 12.6. The Morgan fingerprint density at radius 2 is 1.90 bits per heavy atom. The summed E-state index contributed by atoms with van der Waals surface area (Å²) in [5.41, 5.74) is 0.678. The fourth-order valence-corrected chi connectivity index (χ4v) is 3.70. The van der Waals surface area contributed by atoms with Gasteiger partial charge in [0.05, 0.1) is 11.9 Å². The average molecular weight is 339 g/mol. The first-order valence-electron chi connectivity index (χ1n) is 6.38. The largest absolute Gasteiger partial charge is 0.292 e. The number of nitrogens with zero attached hydrogens (tertiary/aromatic N) is 2. The van der Waals surface area contributed by atoms with Gasteiger partial charge in [0.25, 0.3) is 5.56 Å². The van der Waals surface area contributed by atoms with Crippen LogP contribution in [-0.2, 0) is 6.54 Å². The number of thiophene rings is 1. The summed E-state index contributed by atoms with van der Waals surface area (Å²) >= 11 is 13.9. The quantitative estimate of drug-likeness (QED) is 0.692. The molecule has 0 atom stereocenters. The minimum absolute atomic E-state index is 0.0576. The highest BCUT2D eigenvalue weighted by molar-refractivity contribution is 7.18. The van der Waals surface area contributed by atoms with E-state index >= 15 is 0 Å². The van der Waals surface area contributed by atoms with Crippen molar-refractivity contribution in [2.45, 2.75) is 20.4 Å². The molecule has 0 N–H and O–H groups in total. The molecule has 0 aliphatic heterocycles. The van der Waals surface area contributed by atoms with Crippen LogP contribution < -0.4 is 5.56 Å². The number of aryl methyl sites for hydroxylation is 2. The van der Waals surface area contributed by atoms with Gasteiger partial charge in [-0.15, -0.1) is 11.3 Å². The third-order valence-electron chi connectivity index (χ3n) is 3.34. The van der Waals surface area contributed by atoms with Gasteiger partial charge in [-0.1, -0.05) is 29.3 Å². The normalized spacial score (nSPS) is 11.2. The smallest absolute Gasteiger partial charge is 0.262 e. The summed E-state index contributed by atoms with van der Waals surface area (Å²) in [7, 11) is 0. The summed E-state index contributed by atoms with van der Waals surface area (Å²) in [5.74, 6) is 0.658. The van der Waals surface area contributed by atoms with Crippen LogP contribution in [0.15, 0.2) is 29.1 Å². The lowest BCUT2D eigenvalue weighted by molar-refractivity contribution is 0.714. The van der Waals surface area contributed by atoms with Gasteiger partial charge in [0.1, 0.15) is 10.7 Å². The minimum Gasteiger partial charge on any atom is -0.292 e. The van der Waals surface area contributed by atoms with Gasteiger partial charge in [0.15, 0.2) is 0 Å². The van der Waals surface area contributed by atoms with Crippen molar-refractivity contribution in [3.63, 3.8) is 0 Å². The van der Waals surface area contributed by atoms with Crippen LogP contribution in [0, 0.1) is 13.8 Å². The van der Waals surface area contributed by atoms with Crippen LogP contribution in [0.1, 0.15) is 16.3 Å². The Hall–Kier alpha value is -1.36. The van der Waals surface area contributed by atoms with Gasteiger partial charge in [-0.05, 0) is 32.0 Å². The molecule has 0 saturated heterocycles. The van der Waals surface area contributed by atoms with Gasteiger partial charge < -0.3 is 0 Å². The summed E-state index contributed by atoms with van der Waals surface area (Å²) in [6.07, 6.45) is 0. The number of hydrogen-bond donors (Lipinski definition) is 0. The van der Waals surface area contributed by atoms with Crippen molar-refractivity contribution < 1.29 is 0 Å². The zero-order valence-electron chi connectivity index (χ0n) is 11.5. The SMILES string of the molecule is Cc1cc2c(=O)n(Cc3c(Cl)cccc3Cl)c(C)nc2s1. The van der Waals surface area contributed by atoms with Crippen molar-refractivity contribution >= 4 is 44.8 Å². The number of halogens is 2. The Kier molecular flexibility index (Phi) is 3.78. The zero-order valence-corrected chi connectivity index (χ0v) is 13.8. The molecule has 0 saturated carbocycles. The number of benzene rings is 1. The van der Waals surface area contributed by atoms with Crippen molar-refractivity contribution in [1.29, 1.82) is 0 Å². The maximum absolute atomic E-state index is 12.6. The number of fused-ring (bicyclic) bond motifs is 1.